The van der Waals surface area contributed by atoms with Gasteiger partial charge >= 0.3 is 6.03 Å². The number of carbonyl (C=O) groups excluding carboxylic acids is 2. The molecule has 1 fully saturated rings. The molecule has 0 radical (unpaired) electrons. The highest BCUT2D eigenvalue weighted by atomic mass is 16.5. The Balaban J connectivity index is 1.68. The van der Waals surface area contributed by atoms with Crippen LogP contribution in [0.25, 0.3) is 0 Å². The summed E-state index contributed by atoms with van der Waals surface area (Å²) in [6.07, 6.45) is 2.78. The molecule has 26 heavy (non-hydrogen) atoms. The molecule has 1 atom stereocenters. The fourth-order valence-electron chi connectivity index (χ4n) is 3.40. The summed E-state index contributed by atoms with van der Waals surface area (Å²) in [5, 5.41) is 2.93. The summed E-state index contributed by atoms with van der Waals surface area (Å²) in [7, 11) is 1.66. The molecule has 2 amide bonds. The number of methoxy groups -OCH3 is 1. The first kappa shape index (κ1) is 18.0. The zero-order chi connectivity index (χ0) is 18.5. The van der Waals surface area contributed by atoms with E-state index in [1.54, 1.807) is 31.4 Å². The van der Waals surface area contributed by atoms with Gasteiger partial charge in [0.1, 0.15) is 5.75 Å². The molecule has 0 unspecified atom stereocenters. The van der Waals surface area contributed by atoms with Gasteiger partial charge in [0.2, 0.25) is 0 Å². The smallest absolute Gasteiger partial charge is 0.322 e. The molecule has 0 bridgehead atoms. The van der Waals surface area contributed by atoms with E-state index in [2.05, 4.69) is 11.4 Å². The van der Waals surface area contributed by atoms with Gasteiger partial charge in [-0.1, -0.05) is 24.3 Å². The van der Waals surface area contributed by atoms with E-state index in [0.717, 1.165) is 37.1 Å². The average Bonchev–Trinajstić information content (AvgIpc) is 3.10. The second kappa shape index (κ2) is 8.04. The third-order valence-corrected chi connectivity index (χ3v) is 4.76. The minimum Gasteiger partial charge on any atom is -0.497 e. The van der Waals surface area contributed by atoms with Crippen molar-refractivity contribution in [1.29, 1.82) is 0 Å². The number of Topliss-reactive ketones (excluding diaryl/α,β-unsaturated/α-hetero) is 1. The molecule has 0 saturated carbocycles. The summed E-state index contributed by atoms with van der Waals surface area (Å²) in [5.74, 6) is 0.815. The lowest BCUT2D eigenvalue weighted by Crippen LogP contribution is -2.39. The standard InChI is InChI=1S/C21H24N2O3/c1-15(24)17-7-4-8-18(14-17)22-21(25)23-11-5-9-19(23)12-16-6-3-10-20(13-16)26-2/h3-4,6-8,10,13-14,19H,5,9,11-12H2,1-2H3,(H,22,25)/t19-/m0/s1. The third kappa shape index (κ3) is 4.23. The van der Waals surface area contributed by atoms with Gasteiger partial charge in [-0.3, -0.25) is 4.79 Å². The number of nitrogens with zero attached hydrogens (tertiary/aromatic N) is 1. The molecule has 0 aromatic heterocycles. The van der Waals surface area contributed by atoms with E-state index in [4.69, 9.17) is 4.74 Å². The largest absolute Gasteiger partial charge is 0.497 e. The molecule has 5 heteroatoms. The number of rotatable bonds is 5. The van der Waals surface area contributed by atoms with Crippen LogP contribution < -0.4 is 10.1 Å². The van der Waals surface area contributed by atoms with Crippen molar-refractivity contribution in [3.05, 3.63) is 59.7 Å². The number of benzene rings is 2. The maximum atomic E-state index is 12.7. The number of likely N-dealkylation sites (tertiary alicyclic amines) is 1. The molecule has 136 valence electrons. The van der Waals surface area contributed by atoms with E-state index in [0.29, 0.717) is 11.3 Å². The fourth-order valence-corrected chi connectivity index (χ4v) is 3.40. The van der Waals surface area contributed by atoms with Gasteiger partial charge in [0.15, 0.2) is 5.78 Å². The Morgan fingerprint density at radius 2 is 2.00 bits per heavy atom. The second-order valence-corrected chi connectivity index (χ2v) is 6.61. The van der Waals surface area contributed by atoms with Gasteiger partial charge in [-0.05, 0) is 56.0 Å². The van der Waals surface area contributed by atoms with Crippen molar-refractivity contribution in [2.75, 3.05) is 19.0 Å². The molecule has 0 aliphatic carbocycles. The van der Waals surface area contributed by atoms with E-state index < -0.39 is 0 Å². The van der Waals surface area contributed by atoms with Gasteiger partial charge in [0, 0.05) is 23.8 Å². The Labute approximate surface area is 154 Å². The SMILES string of the molecule is COc1cccc(C[C@@H]2CCCN2C(=O)Nc2cccc(C(C)=O)c2)c1. The van der Waals surface area contributed by atoms with Crippen molar-refractivity contribution in [3.63, 3.8) is 0 Å². The summed E-state index contributed by atoms with van der Waals surface area (Å²) < 4.78 is 5.28. The quantitative estimate of drug-likeness (QED) is 0.823. The molecule has 2 aromatic rings. The highest BCUT2D eigenvalue weighted by molar-refractivity contribution is 5.96. The van der Waals surface area contributed by atoms with E-state index in [-0.39, 0.29) is 17.9 Å². The van der Waals surface area contributed by atoms with Crippen LogP contribution in [0.3, 0.4) is 0 Å². The summed E-state index contributed by atoms with van der Waals surface area (Å²) in [4.78, 5) is 26.1. The van der Waals surface area contributed by atoms with E-state index >= 15 is 0 Å². The van der Waals surface area contributed by atoms with Crippen molar-refractivity contribution < 1.29 is 14.3 Å². The van der Waals surface area contributed by atoms with Crippen LogP contribution >= 0.6 is 0 Å². The van der Waals surface area contributed by atoms with Crippen LogP contribution in [0.15, 0.2) is 48.5 Å². The summed E-state index contributed by atoms with van der Waals surface area (Å²) >= 11 is 0. The minimum absolute atomic E-state index is 0.0156. The first-order chi connectivity index (χ1) is 12.6. The number of ketones is 1. The number of hydrogen-bond donors (Lipinski definition) is 1. The lowest BCUT2D eigenvalue weighted by molar-refractivity contribution is 0.101. The van der Waals surface area contributed by atoms with Crippen LogP contribution in [0.5, 0.6) is 5.75 Å². The lowest BCUT2D eigenvalue weighted by atomic mass is 10.0. The van der Waals surface area contributed by atoms with Crippen LogP contribution in [0, 0.1) is 0 Å². The summed E-state index contributed by atoms with van der Waals surface area (Å²) in [6, 6.07) is 15.1. The molecule has 1 saturated heterocycles. The number of carbonyl (C=O) groups is 2. The van der Waals surface area contributed by atoms with Crippen molar-refractivity contribution in [2.45, 2.75) is 32.2 Å². The zero-order valence-corrected chi connectivity index (χ0v) is 15.2. The highest BCUT2D eigenvalue weighted by Crippen LogP contribution is 2.24. The first-order valence-corrected chi connectivity index (χ1v) is 8.88. The van der Waals surface area contributed by atoms with Crippen LogP contribution in [-0.2, 0) is 6.42 Å². The maximum absolute atomic E-state index is 12.7. The summed E-state index contributed by atoms with van der Waals surface area (Å²) in [6.45, 7) is 2.26. The van der Waals surface area contributed by atoms with Crippen LogP contribution in [0.2, 0.25) is 0 Å². The molecular formula is C21H24N2O3. The topological polar surface area (TPSA) is 58.6 Å². The Morgan fingerprint density at radius 1 is 1.19 bits per heavy atom. The van der Waals surface area contributed by atoms with E-state index in [1.807, 2.05) is 23.1 Å². The van der Waals surface area contributed by atoms with E-state index in [1.165, 1.54) is 6.92 Å². The fraction of sp³-hybridized carbons (Fsp3) is 0.333. The van der Waals surface area contributed by atoms with Crippen LogP contribution in [-0.4, -0.2) is 36.4 Å². The van der Waals surface area contributed by atoms with Crippen LogP contribution in [0.1, 0.15) is 35.7 Å². The molecule has 1 aliphatic rings. The molecular weight excluding hydrogens is 328 g/mol. The molecule has 1 N–H and O–H groups in total. The molecule has 1 aliphatic heterocycles. The molecule has 2 aromatic carbocycles. The normalized spacial score (nSPS) is 16.4. The number of urea groups is 1. The average molecular weight is 352 g/mol. The predicted molar refractivity (Wildman–Crippen MR) is 102 cm³/mol. The van der Waals surface area contributed by atoms with Gasteiger partial charge in [0.05, 0.1) is 7.11 Å². The van der Waals surface area contributed by atoms with Crippen molar-refractivity contribution >= 4 is 17.5 Å². The number of anilines is 1. The predicted octanol–water partition coefficient (Wildman–Crippen LogP) is 4.14. The maximum Gasteiger partial charge on any atom is 0.322 e. The monoisotopic (exact) mass is 352 g/mol. The first-order valence-electron chi connectivity index (χ1n) is 8.88. The highest BCUT2D eigenvalue weighted by Gasteiger charge is 2.29. The Bertz CT molecular complexity index is 803. The van der Waals surface area contributed by atoms with Crippen molar-refractivity contribution in [3.8, 4) is 5.75 Å². The Morgan fingerprint density at radius 3 is 2.77 bits per heavy atom. The molecule has 5 nitrogen and oxygen atoms in total. The van der Waals surface area contributed by atoms with Crippen molar-refractivity contribution in [2.24, 2.45) is 0 Å². The Kier molecular flexibility index (Phi) is 5.56. The summed E-state index contributed by atoms with van der Waals surface area (Å²) in [5.41, 5.74) is 2.40. The van der Waals surface area contributed by atoms with Gasteiger partial charge in [0.25, 0.3) is 0 Å². The van der Waals surface area contributed by atoms with Gasteiger partial charge in [-0.25, -0.2) is 4.79 Å². The van der Waals surface area contributed by atoms with Gasteiger partial charge in [-0.2, -0.15) is 0 Å². The van der Waals surface area contributed by atoms with Crippen molar-refractivity contribution in [1.82, 2.24) is 4.90 Å². The second-order valence-electron chi connectivity index (χ2n) is 6.61. The number of ether oxygens (including phenoxy) is 1. The molecule has 1 heterocycles. The lowest BCUT2D eigenvalue weighted by Gasteiger charge is -2.25. The number of nitrogens with one attached hydrogen (secondary N) is 1. The number of amides is 2. The molecule has 0 spiro atoms. The third-order valence-electron chi connectivity index (χ3n) is 4.76. The van der Waals surface area contributed by atoms with Gasteiger partial charge in [-0.15, -0.1) is 0 Å². The zero-order valence-electron chi connectivity index (χ0n) is 15.2. The minimum atomic E-state index is -0.115. The Hall–Kier alpha value is -2.82. The van der Waals surface area contributed by atoms with Gasteiger partial charge < -0.3 is 15.0 Å². The van der Waals surface area contributed by atoms with Crippen LogP contribution in [0.4, 0.5) is 10.5 Å². The molecule has 3 rings (SSSR count). The van der Waals surface area contributed by atoms with E-state index in [9.17, 15) is 9.59 Å². The number of hydrogen-bond acceptors (Lipinski definition) is 3.